The molecule has 0 atom stereocenters. The van der Waals surface area contributed by atoms with Gasteiger partial charge >= 0.3 is 0 Å². The van der Waals surface area contributed by atoms with Gasteiger partial charge in [0.2, 0.25) is 0 Å². The average Bonchev–Trinajstić information content (AvgIpc) is 3.05. The monoisotopic (exact) mass is 338 g/mol. The van der Waals surface area contributed by atoms with Crippen molar-refractivity contribution >= 4 is 45.9 Å². The van der Waals surface area contributed by atoms with E-state index in [1.54, 1.807) is 40.3 Å². The van der Waals surface area contributed by atoms with Crippen molar-refractivity contribution in [3.63, 3.8) is 0 Å². The SMILES string of the molecule is CC(C)CSc1nnc(Sc2ncnc3c2cnn3C)s1. The highest BCUT2D eigenvalue weighted by atomic mass is 32.2. The van der Waals surface area contributed by atoms with Crippen molar-refractivity contribution in [2.24, 2.45) is 13.0 Å². The standard InChI is InChI=1S/C12H14N6S3/c1-7(2)5-19-11-16-17-12(21-11)20-10-8-4-15-18(3)9(8)13-6-14-10/h4,6-7H,5H2,1-3H3. The average molecular weight is 338 g/mol. The van der Waals surface area contributed by atoms with Crippen molar-refractivity contribution < 1.29 is 0 Å². The fourth-order valence-corrected chi connectivity index (χ4v) is 4.60. The highest BCUT2D eigenvalue weighted by Crippen LogP contribution is 2.35. The summed E-state index contributed by atoms with van der Waals surface area (Å²) in [5.74, 6) is 1.70. The molecule has 0 bridgehead atoms. The van der Waals surface area contributed by atoms with Gasteiger partial charge in [-0.1, -0.05) is 36.9 Å². The van der Waals surface area contributed by atoms with Gasteiger partial charge in [-0.05, 0) is 17.7 Å². The molecule has 0 aromatic carbocycles. The molecular formula is C12H14N6S3. The Morgan fingerprint density at radius 1 is 1.24 bits per heavy atom. The number of hydrogen-bond acceptors (Lipinski definition) is 8. The minimum absolute atomic E-state index is 0.645. The van der Waals surface area contributed by atoms with Gasteiger partial charge in [-0.25, -0.2) is 9.97 Å². The van der Waals surface area contributed by atoms with Crippen LogP contribution in [0, 0.1) is 5.92 Å². The van der Waals surface area contributed by atoms with Crippen LogP contribution in [-0.2, 0) is 7.05 Å². The summed E-state index contributed by atoms with van der Waals surface area (Å²) in [7, 11) is 1.87. The molecule has 0 radical (unpaired) electrons. The molecule has 0 unspecified atom stereocenters. The smallest absolute Gasteiger partial charge is 0.181 e. The van der Waals surface area contributed by atoms with E-state index in [-0.39, 0.29) is 0 Å². The Bertz CT molecular complexity index is 750. The second-order valence-electron chi connectivity index (χ2n) is 4.83. The molecule has 6 nitrogen and oxygen atoms in total. The molecule has 9 heteroatoms. The Kier molecular flexibility index (Phi) is 4.41. The largest absolute Gasteiger partial charge is 0.250 e. The Morgan fingerprint density at radius 2 is 2.05 bits per heavy atom. The number of fused-ring (bicyclic) bond motifs is 1. The molecule has 0 N–H and O–H groups in total. The topological polar surface area (TPSA) is 69.4 Å². The van der Waals surface area contributed by atoms with Gasteiger partial charge in [0.1, 0.15) is 11.4 Å². The van der Waals surface area contributed by atoms with Gasteiger partial charge in [-0.15, -0.1) is 10.2 Å². The number of hydrogen-bond donors (Lipinski definition) is 0. The van der Waals surface area contributed by atoms with Gasteiger partial charge in [0.25, 0.3) is 0 Å². The van der Waals surface area contributed by atoms with E-state index in [9.17, 15) is 0 Å². The molecule has 3 rings (SSSR count). The van der Waals surface area contributed by atoms with E-state index >= 15 is 0 Å². The number of thioether (sulfide) groups is 1. The maximum absolute atomic E-state index is 4.33. The molecule has 0 saturated carbocycles. The zero-order chi connectivity index (χ0) is 14.8. The van der Waals surface area contributed by atoms with E-state index in [0.717, 1.165) is 30.5 Å². The molecule has 21 heavy (non-hydrogen) atoms. The molecule has 3 heterocycles. The third-order valence-electron chi connectivity index (χ3n) is 2.60. The summed E-state index contributed by atoms with van der Waals surface area (Å²) in [5, 5.41) is 14.5. The first-order valence-electron chi connectivity index (χ1n) is 6.40. The zero-order valence-electron chi connectivity index (χ0n) is 11.8. The maximum Gasteiger partial charge on any atom is 0.181 e. The number of aromatic nitrogens is 6. The van der Waals surface area contributed by atoms with Crippen LogP contribution in [0.25, 0.3) is 11.0 Å². The van der Waals surface area contributed by atoms with Crippen LogP contribution in [0.15, 0.2) is 26.2 Å². The summed E-state index contributed by atoms with van der Waals surface area (Å²) >= 11 is 4.86. The van der Waals surface area contributed by atoms with Crippen LogP contribution < -0.4 is 0 Å². The second kappa shape index (κ2) is 6.29. The van der Waals surface area contributed by atoms with Crippen molar-refractivity contribution in [3.05, 3.63) is 12.5 Å². The molecule has 0 amide bonds. The summed E-state index contributed by atoms with van der Waals surface area (Å²) in [6.45, 7) is 4.40. The van der Waals surface area contributed by atoms with Gasteiger partial charge in [0, 0.05) is 12.8 Å². The Balaban J connectivity index is 1.79. The molecular weight excluding hydrogens is 324 g/mol. The second-order valence-corrected chi connectivity index (χ2v) is 8.31. The van der Waals surface area contributed by atoms with E-state index in [0.29, 0.717) is 5.92 Å². The number of rotatable bonds is 5. The van der Waals surface area contributed by atoms with Crippen LogP contribution in [0.2, 0.25) is 0 Å². The van der Waals surface area contributed by atoms with Crippen LogP contribution in [-0.4, -0.2) is 35.7 Å². The molecule has 3 aromatic rings. The van der Waals surface area contributed by atoms with Crippen LogP contribution in [0.5, 0.6) is 0 Å². The Labute approximate surface area is 134 Å². The highest BCUT2D eigenvalue weighted by molar-refractivity contribution is 8.03. The number of aryl methyl sites for hydroxylation is 1. The lowest BCUT2D eigenvalue weighted by Gasteiger charge is -1.99. The van der Waals surface area contributed by atoms with Crippen molar-refractivity contribution in [1.29, 1.82) is 0 Å². The third-order valence-corrected chi connectivity index (χ3v) is 6.16. The van der Waals surface area contributed by atoms with E-state index in [1.165, 1.54) is 11.8 Å². The summed E-state index contributed by atoms with van der Waals surface area (Å²) in [6, 6.07) is 0. The van der Waals surface area contributed by atoms with Crippen LogP contribution in [0.3, 0.4) is 0 Å². The predicted molar refractivity (Wildman–Crippen MR) is 85.9 cm³/mol. The van der Waals surface area contributed by atoms with Gasteiger partial charge in [0.15, 0.2) is 14.3 Å². The third kappa shape index (κ3) is 3.35. The lowest BCUT2D eigenvalue weighted by molar-refractivity contribution is 0.749. The van der Waals surface area contributed by atoms with Gasteiger partial charge in [-0.3, -0.25) is 4.68 Å². The minimum atomic E-state index is 0.645. The van der Waals surface area contributed by atoms with Crippen molar-refractivity contribution in [2.45, 2.75) is 27.6 Å². The number of nitrogens with zero attached hydrogens (tertiary/aromatic N) is 6. The van der Waals surface area contributed by atoms with Crippen molar-refractivity contribution in [3.8, 4) is 0 Å². The molecule has 0 aliphatic heterocycles. The van der Waals surface area contributed by atoms with E-state index in [4.69, 9.17) is 0 Å². The maximum atomic E-state index is 4.33. The molecule has 0 spiro atoms. The Morgan fingerprint density at radius 3 is 2.86 bits per heavy atom. The Hall–Kier alpha value is -1.19. The van der Waals surface area contributed by atoms with Crippen LogP contribution in [0.1, 0.15) is 13.8 Å². The summed E-state index contributed by atoms with van der Waals surface area (Å²) < 4.78 is 3.64. The van der Waals surface area contributed by atoms with E-state index < -0.39 is 0 Å². The normalized spacial score (nSPS) is 11.6. The first kappa shape index (κ1) is 14.7. The summed E-state index contributed by atoms with van der Waals surface area (Å²) in [5.41, 5.74) is 0.825. The molecule has 0 aliphatic rings. The quantitative estimate of drug-likeness (QED) is 0.523. The molecule has 3 aromatic heterocycles. The fraction of sp³-hybridized carbons (Fsp3) is 0.417. The highest BCUT2D eigenvalue weighted by Gasteiger charge is 2.13. The first-order valence-corrected chi connectivity index (χ1v) is 9.02. The first-order chi connectivity index (χ1) is 10.1. The molecule has 110 valence electrons. The van der Waals surface area contributed by atoms with Gasteiger partial charge in [-0.2, -0.15) is 5.10 Å². The summed E-state index contributed by atoms with van der Waals surface area (Å²) in [4.78, 5) is 8.57. The predicted octanol–water partition coefficient (Wildman–Crippen LogP) is 3.11. The minimum Gasteiger partial charge on any atom is -0.250 e. The zero-order valence-corrected chi connectivity index (χ0v) is 14.3. The summed E-state index contributed by atoms with van der Waals surface area (Å²) in [6.07, 6.45) is 3.34. The van der Waals surface area contributed by atoms with E-state index in [1.807, 2.05) is 7.05 Å². The van der Waals surface area contributed by atoms with Crippen LogP contribution in [0.4, 0.5) is 0 Å². The lowest BCUT2D eigenvalue weighted by Crippen LogP contribution is -1.92. The van der Waals surface area contributed by atoms with Crippen LogP contribution >= 0.6 is 34.9 Å². The van der Waals surface area contributed by atoms with E-state index in [2.05, 4.69) is 39.1 Å². The van der Waals surface area contributed by atoms with Crippen molar-refractivity contribution in [1.82, 2.24) is 29.9 Å². The molecule has 0 aliphatic carbocycles. The fourth-order valence-electron chi connectivity index (χ4n) is 1.64. The lowest BCUT2D eigenvalue weighted by atomic mass is 10.3. The molecule has 0 fully saturated rings. The molecule has 0 saturated heterocycles. The van der Waals surface area contributed by atoms with Crippen molar-refractivity contribution in [2.75, 3.05) is 5.75 Å². The van der Waals surface area contributed by atoms with Gasteiger partial charge < -0.3 is 0 Å². The van der Waals surface area contributed by atoms with Gasteiger partial charge in [0.05, 0.1) is 11.6 Å².